The van der Waals surface area contributed by atoms with Crippen molar-refractivity contribution in [3.8, 4) is 0 Å². The monoisotopic (exact) mass is 479 g/mol. The minimum absolute atomic E-state index is 0.0382. The van der Waals surface area contributed by atoms with Gasteiger partial charge in [0.15, 0.2) is 0 Å². The van der Waals surface area contributed by atoms with Crippen molar-refractivity contribution in [3.63, 3.8) is 0 Å². The van der Waals surface area contributed by atoms with Crippen LogP contribution in [-0.4, -0.2) is 29.5 Å². The SMILES string of the molecule is COC(=O)C(I)CNC(=O)c1ccc(Br)c(C(F)(F)F)c1. The summed E-state index contributed by atoms with van der Waals surface area (Å²) in [5.41, 5.74) is -1.08. The van der Waals surface area contributed by atoms with E-state index >= 15 is 0 Å². The molecule has 0 heterocycles. The van der Waals surface area contributed by atoms with E-state index in [1.807, 2.05) is 0 Å². The van der Waals surface area contributed by atoms with Crippen LogP contribution in [0.3, 0.4) is 0 Å². The Balaban J connectivity index is 2.82. The van der Waals surface area contributed by atoms with Gasteiger partial charge in [-0.05, 0) is 18.2 Å². The maximum atomic E-state index is 12.7. The number of carbonyl (C=O) groups excluding carboxylic acids is 2. The van der Waals surface area contributed by atoms with Crippen molar-refractivity contribution >= 4 is 50.4 Å². The Bertz CT molecular complexity index is 551. The van der Waals surface area contributed by atoms with Crippen LogP contribution in [0.2, 0.25) is 0 Å². The van der Waals surface area contributed by atoms with Gasteiger partial charge in [0, 0.05) is 16.6 Å². The highest BCUT2D eigenvalue weighted by molar-refractivity contribution is 14.1. The molecule has 0 aliphatic rings. The predicted octanol–water partition coefficient (Wildman–Crippen LogP) is 3.17. The Morgan fingerprint density at radius 2 is 2.05 bits per heavy atom. The van der Waals surface area contributed by atoms with Gasteiger partial charge in [-0.3, -0.25) is 9.59 Å². The molecule has 1 unspecified atom stereocenters. The molecule has 0 saturated heterocycles. The van der Waals surface area contributed by atoms with Crippen LogP contribution in [-0.2, 0) is 15.7 Å². The van der Waals surface area contributed by atoms with Crippen molar-refractivity contribution in [3.05, 3.63) is 33.8 Å². The lowest BCUT2D eigenvalue weighted by Crippen LogP contribution is -2.34. The van der Waals surface area contributed by atoms with E-state index in [2.05, 4.69) is 26.0 Å². The fraction of sp³-hybridized carbons (Fsp3) is 0.333. The van der Waals surface area contributed by atoms with Crippen molar-refractivity contribution in [2.24, 2.45) is 0 Å². The first-order valence-corrected chi connectivity index (χ1v) is 7.57. The topological polar surface area (TPSA) is 55.4 Å². The summed E-state index contributed by atoms with van der Waals surface area (Å²) in [4.78, 5) is 23.0. The molecule has 1 aromatic carbocycles. The normalized spacial score (nSPS) is 12.7. The largest absolute Gasteiger partial charge is 0.468 e. The molecule has 0 fully saturated rings. The number of rotatable bonds is 4. The summed E-state index contributed by atoms with van der Waals surface area (Å²) < 4.78 is 41.9. The molecule has 1 amide bonds. The smallest absolute Gasteiger partial charge is 0.417 e. The standard InChI is InChI=1S/C12H10BrF3INO3/c1-21-11(20)9(17)5-18-10(19)6-2-3-8(13)7(4-6)12(14,15)16/h2-4,9H,5H2,1H3,(H,18,19). The molecule has 1 N–H and O–H groups in total. The molecular formula is C12H10BrF3INO3. The predicted molar refractivity (Wildman–Crippen MR) is 81.3 cm³/mol. The average molecular weight is 480 g/mol. The molecule has 4 nitrogen and oxygen atoms in total. The van der Waals surface area contributed by atoms with Crippen LogP contribution < -0.4 is 5.32 Å². The number of ether oxygens (including phenoxy) is 1. The number of carbonyl (C=O) groups is 2. The Morgan fingerprint density at radius 1 is 1.43 bits per heavy atom. The van der Waals surface area contributed by atoms with Crippen molar-refractivity contribution in [1.82, 2.24) is 5.32 Å². The second kappa shape index (κ2) is 7.43. The van der Waals surface area contributed by atoms with Gasteiger partial charge in [0.1, 0.15) is 3.92 Å². The van der Waals surface area contributed by atoms with Crippen LogP contribution in [0.4, 0.5) is 13.2 Å². The summed E-state index contributed by atoms with van der Waals surface area (Å²) in [6.07, 6.45) is -4.56. The Kier molecular flexibility index (Phi) is 6.44. The lowest BCUT2D eigenvalue weighted by molar-refractivity contribution is -0.139. The van der Waals surface area contributed by atoms with Gasteiger partial charge in [-0.15, -0.1) is 0 Å². The van der Waals surface area contributed by atoms with E-state index in [1.165, 1.54) is 13.2 Å². The lowest BCUT2D eigenvalue weighted by Gasteiger charge is -2.12. The first-order chi connectivity index (χ1) is 9.66. The van der Waals surface area contributed by atoms with Crippen LogP contribution in [0.5, 0.6) is 0 Å². The highest BCUT2D eigenvalue weighted by Gasteiger charge is 2.33. The number of hydrogen-bond acceptors (Lipinski definition) is 3. The molecule has 21 heavy (non-hydrogen) atoms. The lowest BCUT2D eigenvalue weighted by atomic mass is 10.1. The quantitative estimate of drug-likeness (QED) is 0.410. The van der Waals surface area contributed by atoms with Gasteiger partial charge in [-0.2, -0.15) is 13.2 Å². The highest BCUT2D eigenvalue weighted by Crippen LogP contribution is 2.35. The summed E-state index contributed by atoms with van der Waals surface area (Å²) in [5, 5.41) is 2.38. The van der Waals surface area contributed by atoms with Crippen molar-refractivity contribution < 1.29 is 27.5 Å². The van der Waals surface area contributed by atoms with E-state index in [4.69, 9.17) is 0 Å². The summed E-state index contributed by atoms with van der Waals surface area (Å²) in [6, 6.07) is 3.16. The molecule has 1 aromatic rings. The number of nitrogens with one attached hydrogen (secondary N) is 1. The van der Waals surface area contributed by atoms with Gasteiger partial charge >= 0.3 is 12.1 Å². The number of benzene rings is 1. The summed E-state index contributed by atoms with van der Waals surface area (Å²) in [7, 11) is 1.21. The van der Waals surface area contributed by atoms with Gasteiger partial charge in [-0.25, -0.2) is 0 Å². The van der Waals surface area contributed by atoms with Crippen LogP contribution in [0.1, 0.15) is 15.9 Å². The molecule has 0 spiro atoms. The maximum Gasteiger partial charge on any atom is 0.417 e. The number of esters is 1. The first-order valence-electron chi connectivity index (χ1n) is 5.53. The van der Waals surface area contributed by atoms with Crippen LogP contribution in [0.25, 0.3) is 0 Å². The third-order valence-electron chi connectivity index (χ3n) is 2.43. The third-order valence-corrected chi connectivity index (χ3v) is 4.07. The van der Waals surface area contributed by atoms with Crippen LogP contribution >= 0.6 is 38.5 Å². The van der Waals surface area contributed by atoms with Crippen molar-refractivity contribution in [2.45, 2.75) is 10.1 Å². The number of methoxy groups -OCH3 is 1. The minimum Gasteiger partial charge on any atom is -0.468 e. The molecule has 0 aliphatic carbocycles. The van der Waals surface area contributed by atoms with Gasteiger partial charge in [0.2, 0.25) is 0 Å². The van der Waals surface area contributed by atoms with E-state index in [0.717, 1.165) is 12.1 Å². The second-order valence-electron chi connectivity index (χ2n) is 3.89. The van der Waals surface area contributed by atoms with E-state index in [0.29, 0.717) is 0 Å². The zero-order valence-corrected chi connectivity index (χ0v) is 14.4. The maximum absolute atomic E-state index is 12.7. The molecule has 0 aliphatic heterocycles. The van der Waals surface area contributed by atoms with Crippen molar-refractivity contribution in [2.75, 3.05) is 13.7 Å². The Morgan fingerprint density at radius 3 is 2.57 bits per heavy atom. The van der Waals surface area contributed by atoms with E-state index < -0.39 is 27.5 Å². The average Bonchev–Trinajstić information content (AvgIpc) is 2.42. The molecule has 0 bridgehead atoms. The van der Waals surface area contributed by atoms with Gasteiger partial charge in [-0.1, -0.05) is 38.5 Å². The van der Waals surface area contributed by atoms with E-state index in [-0.39, 0.29) is 16.6 Å². The summed E-state index contributed by atoms with van der Waals surface area (Å²) in [6.45, 7) is -0.0382. The molecular weight excluding hydrogens is 470 g/mol. The molecule has 1 rings (SSSR count). The minimum atomic E-state index is -4.56. The second-order valence-corrected chi connectivity index (χ2v) is 6.25. The zero-order chi connectivity index (χ0) is 16.2. The molecule has 116 valence electrons. The van der Waals surface area contributed by atoms with Crippen LogP contribution in [0, 0.1) is 0 Å². The fourth-order valence-electron chi connectivity index (χ4n) is 1.38. The van der Waals surface area contributed by atoms with Crippen molar-refractivity contribution in [1.29, 1.82) is 0 Å². The first kappa shape index (κ1) is 18.2. The summed E-state index contributed by atoms with van der Waals surface area (Å²) >= 11 is 4.56. The van der Waals surface area contributed by atoms with E-state index in [9.17, 15) is 22.8 Å². The summed E-state index contributed by atoms with van der Waals surface area (Å²) in [5.74, 6) is -1.22. The van der Waals surface area contributed by atoms with Gasteiger partial charge in [0.25, 0.3) is 5.91 Å². The number of amides is 1. The number of halogens is 5. The number of alkyl halides is 4. The highest BCUT2D eigenvalue weighted by atomic mass is 127. The fourth-order valence-corrected chi connectivity index (χ4v) is 2.33. The third kappa shape index (κ3) is 5.13. The Hall–Kier alpha value is -0.840. The molecule has 0 radical (unpaired) electrons. The van der Waals surface area contributed by atoms with Gasteiger partial charge in [0.05, 0.1) is 12.7 Å². The number of hydrogen-bond donors (Lipinski definition) is 1. The van der Waals surface area contributed by atoms with Crippen LogP contribution in [0.15, 0.2) is 22.7 Å². The molecule has 9 heteroatoms. The van der Waals surface area contributed by atoms with Gasteiger partial charge < -0.3 is 10.1 Å². The zero-order valence-electron chi connectivity index (χ0n) is 10.6. The molecule has 1 atom stereocenters. The molecule has 0 aromatic heterocycles. The Labute approximate surface area is 140 Å². The van der Waals surface area contributed by atoms with E-state index in [1.54, 1.807) is 22.6 Å². The molecule has 0 saturated carbocycles.